The summed E-state index contributed by atoms with van der Waals surface area (Å²) in [5.41, 5.74) is 0.872. The molecule has 2 aromatic rings. The lowest BCUT2D eigenvalue weighted by Crippen LogP contribution is -2.22. The van der Waals surface area contributed by atoms with Gasteiger partial charge in [-0.05, 0) is 67.4 Å². The second-order valence-electron chi connectivity index (χ2n) is 5.14. The second kappa shape index (κ2) is 8.52. The lowest BCUT2D eigenvalue weighted by atomic mass is 10.00. The Morgan fingerprint density at radius 2 is 2.19 bits per heavy atom. The van der Waals surface area contributed by atoms with Crippen LogP contribution in [0.1, 0.15) is 42.7 Å². The number of thiophene rings is 1. The van der Waals surface area contributed by atoms with Crippen molar-refractivity contribution in [2.75, 3.05) is 6.54 Å². The molecule has 1 heterocycles. The highest BCUT2D eigenvalue weighted by Gasteiger charge is 2.15. The summed E-state index contributed by atoms with van der Waals surface area (Å²) < 4.78 is 13.5. The number of benzene rings is 1. The van der Waals surface area contributed by atoms with Crippen molar-refractivity contribution in [3.63, 3.8) is 0 Å². The standard InChI is InChI=1S/C17H21ClFNS/c1-2-10-20-17(7-3-5-14-6-4-11-21-14)15-12-13(19)8-9-16(15)18/h4,6,8-9,11-12,17,20H,2-3,5,7,10H2,1H3. The van der Waals surface area contributed by atoms with Crippen molar-refractivity contribution in [3.8, 4) is 0 Å². The molecular weight excluding hydrogens is 305 g/mol. The van der Waals surface area contributed by atoms with Crippen LogP contribution < -0.4 is 5.32 Å². The van der Waals surface area contributed by atoms with E-state index in [1.54, 1.807) is 23.5 Å². The van der Waals surface area contributed by atoms with Crippen molar-refractivity contribution in [2.24, 2.45) is 0 Å². The van der Waals surface area contributed by atoms with Gasteiger partial charge in [0.1, 0.15) is 5.82 Å². The maximum atomic E-state index is 13.5. The number of nitrogens with one attached hydrogen (secondary N) is 1. The van der Waals surface area contributed by atoms with Crippen LogP contribution in [0.4, 0.5) is 4.39 Å². The van der Waals surface area contributed by atoms with Crippen LogP contribution in [0.5, 0.6) is 0 Å². The normalized spacial score (nSPS) is 12.5. The molecule has 1 atom stereocenters. The van der Waals surface area contributed by atoms with Crippen molar-refractivity contribution in [2.45, 2.75) is 38.6 Å². The Morgan fingerprint density at radius 1 is 1.33 bits per heavy atom. The topological polar surface area (TPSA) is 12.0 Å². The summed E-state index contributed by atoms with van der Waals surface area (Å²) in [7, 11) is 0. The molecule has 4 heteroatoms. The Balaban J connectivity index is 2.01. The first-order valence-corrected chi connectivity index (χ1v) is 8.67. The van der Waals surface area contributed by atoms with Gasteiger partial charge in [-0.1, -0.05) is 24.6 Å². The van der Waals surface area contributed by atoms with Crippen molar-refractivity contribution in [1.82, 2.24) is 5.32 Å². The van der Waals surface area contributed by atoms with Crippen LogP contribution in [0.3, 0.4) is 0 Å². The van der Waals surface area contributed by atoms with Crippen molar-refractivity contribution in [3.05, 3.63) is 57.0 Å². The predicted octanol–water partition coefficient (Wildman–Crippen LogP) is 5.60. The third-order valence-electron chi connectivity index (χ3n) is 3.47. The maximum absolute atomic E-state index is 13.5. The van der Waals surface area contributed by atoms with E-state index in [1.165, 1.54) is 10.9 Å². The fraction of sp³-hybridized carbons (Fsp3) is 0.412. The molecule has 1 nitrogen and oxygen atoms in total. The summed E-state index contributed by atoms with van der Waals surface area (Å²) in [5.74, 6) is -0.226. The van der Waals surface area contributed by atoms with E-state index in [0.717, 1.165) is 37.8 Å². The molecule has 0 spiro atoms. The van der Waals surface area contributed by atoms with E-state index < -0.39 is 0 Å². The average Bonchev–Trinajstić information content (AvgIpc) is 2.99. The molecule has 1 N–H and O–H groups in total. The molecule has 0 aliphatic carbocycles. The fourth-order valence-corrected chi connectivity index (χ4v) is 3.40. The molecule has 0 fully saturated rings. The molecule has 0 saturated carbocycles. The van der Waals surface area contributed by atoms with Crippen LogP contribution in [-0.4, -0.2) is 6.54 Å². The molecule has 2 rings (SSSR count). The van der Waals surface area contributed by atoms with E-state index in [-0.39, 0.29) is 11.9 Å². The van der Waals surface area contributed by atoms with Crippen LogP contribution in [-0.2, 0) is 6.42 Å². The molecule has 1 aromatic heterocycles. The summed E-state index contributed by atoms with van der Waals surface area (Å²) >= 11 is 8.03. The molecule has 0 saturated heterocycles. The van der Waals surface area contributed by atoms with Gasteiger partial charge >= 0.3 is 0 Å². The predicted molar refractivity (Wildman–Crippen MR) is 89.7 cm³/mol. The smallest absolute Gasteiger partial charge is 0.123 e. The quantitative estimate of drug-likeness (QED) is 0.665. The van der Waals surface area contributed by atoms with Gasteiger partial charge in [-0.3, -0.25) is 0 Å². The molecule has 0 aliphatic heterocycles. The van der Waals surface area contributed by atoms with E-state index in [0.29, 0.717) is 5.02 Å². The number of halogens is 2. The lowest BCUT2D eigenvalue weighted by Gasteiger charge is -2.20. The summed E-state index contributed by atoms with van der Waals surface area (Å²) in [6, 6.07) is 8.97. The SMILES string of the molecule is CCCNC(CCCc1cccs1)c1cc(F)ccc1Cl. The van der Waals surface area contributed by atoms with E-state index in [1.807, 2.05) is 0 Å². The highest BCUT2D eigenvalue weighted by atomic mass is 35.5. The third-order valence-corrected chi connectivity index (χ3v) is 4.75. The van der Waals surface area contributed by atoms with E-state index >= 15 is 0 Å². The van der Waals surface area contributed by atoms with E-state index in [4.69, 9.17) is 11.6 Å². The Morgan fingerprint density at radius 3 is 2.90 bits per heavy atom. The Hall–Kier alpha value is -0.900. The number of aryl methyl sites for hydroxylation is 1. The van der Waals surface area contributed by atoms with E-state index in [9.17, 15) is 4.39 Å². The molecule has 0 bridgehead atoms. The number of hydrogen-bond acceptors (Lipinski definition) is 2. The minimum atomic E-state index is -0.226. The monoisotopic (exact) mass is 325 g/mol. The average molecular weight is 326 g/mol. The van der Waals surface area contributed by atoms with Gasteiger partial charge in [0.05, 0.1) is 0 Å². The van der Waals surface area contributed by atoms with Crippen LogP contribution in [0.25, 0.3) is 0 Å². The zero-order chi connectivity index (χ0) is 15.1. The van der Waals surface area contributed by atoms with Crippen molar-refractivity contribution in [1.29, 1.82) is 0 Å². The van der Waals surface area contributed by atoms with Crippen LogP contribution >= 0.6 is 22.9 Å². The highest BCUT2D eigenvalue weighted by molar-refractivity contribution is 7.09. The van der Waals surface area contributed by atoms with E-state index in [2.05, 4.69) is 29.8 Å². The number of rotatable bonds is 8. The van der Waals surface area contributed by atoms with Gasteiger partial charge in [0.25, 0.3) is 0 Å². The first-order valence-electron chi connectivity index (χ1n) is 7.41. The maximum Gasteiger partial charge on any atom is 0.123 e. The van der Waals surface area contributed by atoms with Crippen LogP contribution in [0, 0.1) is 5.82 Å². The molecular formula is C17H21ClFNS. The lowest BCUT2D eigenvalue weighted by molar-refractivity contribution is 0.482. The molecule has 1 unspecified atom stereocenters. The summed E-state index contributed by atoms with van der Waals surface area (Å²) in [4.78, 5) is 1.40. The minimum absolute atomic E-state index is 0.119. The first-order chi connectivity index (χ1) is 10.2. The summed E-state index contributed by atoms with van der Waals surface area (Å²) in [6.07, 6.45) is 4.14. The number of hydrogen-bond donors (Lipinski definition) is 1. The summed E-state index contributed by atoms with van der Waals surface area (Å²) in [5, 5.41) is 6.23. The van der Waals surface area contributed by atoms with Gasteiger partial charge in [0.2, 0.25) is 0 Å². The summed E-state index contributed by atoms with van der Waals surface area (Å²) in [6.45, 7) is 3.04. The van der Waals surface area contributed by atoms with Crippen molar-refractivity contribution < 1.29 is 4.39 Å². The molecule has 0 radical (unpaired) electrons. The van der Waals surface area contributed by atoms with Gasteiger partial charge in [0, 0.05) is 15.9 Å². The Bertz CT molecular complexity index is 542. The third kappa shape index (κ3) is 5.10. The molecule has 114 valence electrons. The van der Waals surface area contributed by atoms with Gasteiger partial charge in [-0.25, -0.2) is 4.39 Å². The van der Waals surface area contributed by atoms with Crippen LogP contribution in [0.15, 0.2) is 35.7 Å². The Labute approximate surface area is 135 Å². The highest BCUT2D eigenvalue weighted by Crippen LogP contribution is 2.28. The minimum Gasteiger partial charge on any atom is -0.310 e. The molecule has 1 aromatic carbocycles. The first kappa shape index (κ1) is 16.5. The van der Waals surface area contributed by atoms with Crippen molar-refractivity contribution >= 4 is 22.9 Å². The van der Waals surface area contributed by atoms with Gasteiger partial charge in [-0.15, -0.1) is 11.3 Å². The van der Waals surface area contributed by atoms with Gasteiger partial charge < -0.3 is 5.32 Å². The second-order valence-corrected chi connectivity index (χ2v) is 6.58. The van der Waals surface area contributed by atoms with Crippen LogP contribution in [0.2, 0.25) is 5.02 Å². The molecule has 0 amide bonds. The zero-order valence-corrected chi connectivity index (χ0v) is 13.8. The van der Waals surface area contributed by atoms with Gasteiger partial charge in [0.15, 0.2) is 0 Å². The largest absolute Gasteiger partial charge is 0.310 e. The fourth-order valence-electron chi connectivity index (χ4n) is 2.40. The van der Waals surface area contributed by atoms with Gasteiger partial charge in [-0.2, -0.15) is 0 Å². The molecule has 0 aliphatic rings. The zero-order valence-electron chi connectivity index (χ0n) is 12.2. The molecule has 21 heavy (non-hydrogen) atoms. The Kier molecular flexibility index (Phi) is 6.68.